The number of nitrogens with zero attached hydrogens (tertiary/aromatic N) is 3. The van der Waals surface area contributed by atoms with E-state index in [-0.39, 0.29) is 11.8 Å². The van der Waals surface area contributed by atoms with E-state index in [0.29, 0.717) is 17.8 Å². The molecule has 0 saturated heterocycles. The van der Waals surface area contributed by atoms with E-state index in [1.807, 2.05) is 38.1 Å². The van der Waals surface area contributed by atoms with E-state index in [2.05, 4.69) is 10.1 Å². The Hall–Kier alpha value is -2.89. The highest BCUT2D eigenvalue weighted by atomic mass is 16.5. The number of rotatable bonds is 2. The highest BCUT2D eigenvalue weighted by Gasteiger charge is 2.26. The van der Waals surface area contributed by atoms with Crippen LogP contribution in [0.2, 0.25) is 0 Å². The first-order valence-electron chi connectivity index (χ1n) is 8.51. The molecule has 0 aliphatic carbocycles. The minimum Gasteiger partial charge on any atom is -0.398 e. The zero-order valence-electron chi connectivity index (χ0n) is 14.3. The maximum Gasteiger partial charge on any atom is 0.259 e. The van der Waals surface area contributed by atoms with Gasteiger partial charge in [0.15, 0.2) is 0 Å². The molecule has 0 bridgehead atoms. The average molecular weight is 336 g/mol. The third-order valence-corrected chi connectivity index (χ3v) is 4.68. The van der Waals surface area contributed by atoms with Crippen LogP contribution in [0.3, 0.4) is 0 Å². The molecule has 0 atom stereocenters. The maximum absolute atomic E-state index is 13.1. The maximum atomic E-state index is 13.1. The molecule has 0 saturated carbocycles. The van der Waals surface area contributed by atoms with Crippen molar-refractivity contribution in [3.05, 3.63) is 47.3 Å². The van der Waals surface area contributed by atoms with E-state index in [1.165, 1.54) is 0 Å². The molecule has 4 rings (SSSR count). The summed E-state index contributed by atoms with van der Waals surface area (Å²) < 4.78 is 5.26. The van der Waals surface area contributed by atoms with Gasteiger partial charge >= 0.3 is 0 Å². The van der Waals surface area contributed by atoms with Crippen molar-refractivity contribution in [3.63, 3.8) is 0 Å². The largest absolute Gasteiger partial charge is 0.398 e. The Labute approximate surface area is 145 Å². The fraction of sp³-hybridized carbons (Fsp3) is 0.316. The Balaban J connectivity index is 1.76. The Bertz CT molecular complexity index is 961. The first-order chi connectivity index (χ1) is 12.1. The van der Waals surface area contributed by atoms with E-state index >= 15 is 0 Å². The van der Waals surface area contributed by atoms with Gasteiger partial charge in [0, 0.05) is 24.1 Å². The molecule has 1 aliphatic heterocycles. The molecule has 3 heterocycles. The van der Waals surface area contributed by atoms with Gasteiger partial charge in [0.1, 0.15) is 0 Å². The number of fused-ring (bicyclic) bond motifs is 2. The minimum absolute atomic E-state index is 0.0724. The van der Waals surface area contributed by atoms with Gasteiger partial charge in [-0.25, -0.2) is 4.98 Å². The summed E-state index contributed by atoms with van der Waals surface area (Å²) in [4.78, 5) is 19.2. The number of nitrogen functional groups attached to an aromatic ring is 1. The molecular formula is C19H20N4O2. The monoisotopic (exact) mass is 336 g/mol. The third-order valence-electron chi connectivity index (χ3n) is 4.68. The third kappa shape index (κ3) is 2.54. The lowest BCUT2D eigenvalue weighted by molar-refractivity contribution is 0.0985. The van der Waals surface area contributed by atoms with Crippen molar-refractivity contribution in [2.24, 2.45) is 0 Å². The number of pyridine rings is 1. The number of amides is 1. The molecule has 0 unspecified atom stereocenters. The van der Waals surface area contributed by atoms with Crippen LogP contribution in [0.25, 0.3) is 11.1 Å². The number of aromatic nitrogens is 2. The zero-order valence-corrected chi connectivity index (χ0v) is 14.3. The van der Waals surface area contributed by atoms with Crippen molar-refractivity contribution in [2.75, 3.05) is 17.2 Å². The van der Waals surface area contributed by atoms with Crippen molar-refractivity contribution >= 4 is 28.4 Å². The summed E-state index contributed by atoms with van der Waals surface area (Å²) in [5.41, 5.74) is 10.6. The molecule has 1 aliphatic rings. The molecule has 25 heavy (non-hydrogen) atoms. The van der Waals surface area contributed by atoms with Crippen LogP contribution < -0.4 is 10.6 Å². The Morgan fingerprint density at radius 3 is 3.00 bits per heavy atom. The van der Waals surface area contributed by atoms with Crippen LogP contribution >= 0.6 is 0 Å². The summed E-state index contributed by atoms with van der Waals surface area (Å²) in [6.07, 6.45) is 3.35. The van der Waals surface area contributed by atoms with Gasteiger partial charge in [0.25, 0.3) is 11.6 Å². The summed E-state index contributed by atoms with van der Waals surface area (Å²) in [6, 6.07) is 7.55. The summed E-state index contributed by atoms with van der Waals surface area (Å²) in [7, 11) is 0. The Kier molecular flexibility index (Phi) is 3.67. The number of hydrogen-bond acceptors (Lipinski definition) is 5. The number of anilines is 2. The van der Waals surface area contributed by atoms with Crippen molar-refractivity contribution in [3.8, 4) is 0 Å². The van der Waals surface area contributed by atoms with Gasteiger partial charge in [0.05, 0.1) is 16.6 Å². The number of hydrogen-bond donors (Lipinski definition) is 1. The lowest BCUT2D eigenvalue weighted by atomic mass is 9.99. The van der Waals surface area contributed by atoms with Gasteiger partial charge in [-0.05, 0) is 42.5 Å². The van der Waals surface area contributed by atoms with Gasteiger partial charge in [0.2, 0.25) is 0 Å². The smallest absolute Gasteiger partial charge is 0.259 e. The molecule has 0 spiro atoms. The van der Waals surface area contributed by atoms with E-state index in [0.717, 1.165) is 40.9 Å². The molecule has 3 aromatic rings. The van der Waals surface area contributed by atoms with Crippen molar-refractivity contribution in [1.29, 1.82) is 0 Å². The molecule has 6 nitrogen and oxygen atoms in total. The van der Waals surface area contributed by atoms with Crippen LogP contribution in [0.4, 0.5) is 11.4 Å². The normalized spacial score (nSPS) is 14.1. The quantitative estimate of drug-likeness (QED) is 0.724. The van der Waals surface area contributed by atoms with Crippen LogP contribution in [0.5, 0.6) is 0 Å². The van der Waals surface area contributed by atoms with Gasteiger partial charge in [-0.3, -0.25) is 4.79 Å². The molecule has 128 valence electrons. The lowest BCUT2D eigenvalue weighted by Crippen LogP contribution is -2.35. The highest BCUT2D eigenvalue weighted by Crippen LogP contribution is 2.32. The topological polar surface area (TPSA) is 85.2 Å². The fourth-order valence-electron chi connectivity index (χ4n) is 3.40. The minimum atomic E-state index is -0.0724. The molecule has 6 heteroatoms. The first-order valence-corrected chi connectivity index (χ1v) is 8.51. The summed E-state index contributed by atoms with van der Waals surface area (Å²) in [5, 5.41) is 4.87. The molecular weight excluding hydrogens is 316 g/mol. The standard InChI is InChI=1S/C19H20N4O2/c1-11(2)17-14-9-12(10-21-18(14)25-22-17)19(24)23-8-4-5-13-15(20)6-3-7-16(13)23/h3,6-7,9-11H,4-5,8,20H2,1-2H3. The number of benzene rings is 1. The van der Waals surface area contributed by atoms with Crippen LogP contribution in [-0.4, -0.2) is 22.6 Å². The second-order valence-corrected chi connectivity index (χ2v) is 6.70. The van der Waals surface area contributed by atoms with E-state index in [1.54, 1.807) is 11.1 Å². The van der Waals surface area contributed by atoms with Crippen LogP contribution in [0, 0.1) is 0 Å². The van der Waals surface area contributed by atoms with Crippen LogP contribution in [0.1, 0.15) is 47.8 Å². The SMILES string of the molecule is CC(C)c1noc2ncc(C(=O)N3CCCc4c(N)cccc43)cc12. The Morgan fingerprint density at radius 2 is 2.20 bits per heavy atom. The second kappa shape index (κ2) is 5.88. The number of carbonyl (C=O) groups excluding carboxylic acids is 1. The van der Waals surface area contributed by atoms with Gasteiger partial charge < -0.3 is 15.2 Å². The molecule has 0 radical (unpaired) electrons. The predicted molar refractivity (Wildman–Crippen MR) is 96.7 cm³/mol. The van der Waals surface area contributed by atoms with Crippen molar-refractivity contribution in [1.82, 2.24) is 10.1 Å². The van der Waals surface area contributed by atoms with E-state index in [9.17, 15) is 4.79 Å². The average Bonchev–Trinajstić information content (AvgIpc) is 3.04. The molecule has 1 amide bonds. The highest BCUT2D eigenvalue weighted by molar-refractivity contribution is 6.08. The number of carbonyl (C=O) groups is 1. The lowest BCUT2D eigenvalue weighted by Gasteiger charge is -2.30. The first kappa shape index (κ1) is 15.6. The zero-order chi connectivity index (χ0) is 17.6. The number of nitrogens with two attached hydrogens (primary N) is 1. The van der Waals surface area contributed by atoms with Crippen molar-refractivity contribution in [2.45, 2.75) is 32.6 Å². The van der Waals surface area contributed by atoms with Gasteiger partial charge in [-0.2, -0.15) is 0 Å². The molecule has 1 aromatic carbocycles. The van der Waals surface area contributed by atoms with Crippen LogP contribution in [-0.2, 0) is 6.42 Å². The van der Waals surface area contributed by atoms with E-state index in [4.69, 9.17) is 10.3 Å². The summed E-state index contributed by atoms with van der Waals surface area (Å²) in [5.74, 6) is 0.126. The summed E-state index contributed by atoms with van der Waals surface area (Å²) in [6.45, 7) is 4.75. The summed E-state index contributed by atoms with van der Waals surface area (Å²) >= 11 is 0. The van der Waals surface area contributed by atoms with Crippen molar-refractivity contribution < 1.29 is 9.32 Å². The van der Waals surface area contributed by atoms with E-state index < -0.39 is 0 Å². The second-order valence-electron chi connectivity index (χ2n) is 6.70. The Morgan fingerprint density at radius 1 is 1.36 bits per heavy atom. The predicted octanol–water partition coefficient (Wildman–Crippen LogP) is 3.52. The van der Waals surface area contributed by atoms with Gasteiger partial charge in [-0.15, -0.1) is 0 Å². The molecule has 2 aromatic heterocycles. The molecule has 2 N–H and O–H groups in total. The fourth-order valence-corrected chi connectivity index (χ4v) is 3.40. The molecule has 0 fully saturated rings. The van der Waals surface area contributed by atoms with Gasteiger partial charge in [-0.1, -0.05) is 25.1 Å². The van der Waals surface area contributed by atoms with Crippen LogP contribution in [0.15, 0.2) is 35.0 Å².